The summed E-state index contributed by atoms with van der Waals surface area (Å²) in [5.41, 5.74) is 4.04. The van der Waals surface area contributed by atoms with E-state index in [9.17, 15) is 4.79 Å². The van der Waals surface area contributed by atoms with E-state index in [0.717, 1.165) is 35.4 Å². The number of carbonyl (C=O) groups excluding carboxylic acids is 1. The van der Waals surface area contributed by atoms with Gasteiger partial charge >= 0.3 is 0 Å². The Kier molecular flexibility index (Phi) is 6.03. The number of hydrogen-bond acceptors (Lipinski definition) is 5. The maximum Gasteiger partial charge on any atom is 0.165 e. The summed E-state index contributed by atoms with van der Waals surface area (Å²) in [7, 11) is 1.80. The van der Waals surface area contributed by atoms with Crippen LogP contribution < -0.4 is 0 Å². The van der Waals surface area contributed by atoms with E-state index in [2.05, 4.69) is 10.3 Å². The second-order valence-electron chi connectivity index (χ2n) is 9.91. The van der Waals surface area contributed by atoms with Crippen LogP contribution in [0, 0.1) is 24.5 Å². The van der Waals surface area contributed by atoms with Gasteiger partial charge in [0.2, 0.25) is 0 Å². The van der Waals surface area contributed by atoms with Crippen molar-refractivity contribution < 1.29 is 18.3 Å². The lowest BCUT2D eigenvalue weighted by molar-refractivity contribution is 0.0552. The molecule has 1 fully saturated rings. The van der Waals surface area contributed by atoms with Gasteiger partial charge in [0.1, 0.15) is 5.82 Å². The molecule has 0 amide bonds. The SMILES string of the molecule is CC(=O)c1c(F)cc2c3ncc(-c4c(C)nnn4C)cc3n(C(c3ccccc3)C3CCOCC3)c2c1F. The Morgan fingerprint density at radius 2 is 1.87 bits per heavy atom. The van der Waals surface area contributed by atoms with Crippen LogP contribution in [0.5, 0.6) is 0 Å². The van der Waals surface area contributed by atoms with Gasteiger partial charge in [-0.05, 0) is 50.3 Å². The highest BCUT2D eigenvalue weighted by Gasteiger charge is 2.33. The van der Waals surface area contributed by atoms with Crippen LogP contribution in [-0.2, 0) is 11.8 Å². The van der Waals surface area contributed by atoms with Gasteiger partial charge in [-0.15, -0.1) is 5.10 Å². The molecule has 1 atom stereocenters. The second-order valence-corrected chi connectivity index (χ2v) is 9.91. The number of halogens is 2. The van der Waals surface area contributed by atoms with Gasteiger partial charge in [-0.3, -0.25) is 9.78 Å². The van der Waals surface area contributed by atoms with E-state index in [1.165, 1.54) is 13.0 Å². The van der Waals surface area contributed by atoms with Gasteiger partial charge in [-0.2, -0.15) is 0 Å². The summed E-state index contributed by atoms with van der Waals surface area (Å²) >= 11 is 0. The molecule has 0 radical (unpaired) electrons. The molecule has 1 aliphatic rings. The summed E-state index contributed by atoms with van der Waals surface area (Å²) in [6.07, 6.45) is 3.24. The van der Waals surface area contributed by atoms with Gasteiger partial charge in [0.15, 0.2) is 11.6 Å². The van der Waals surface area contributed by atoms with Gasteiger partial charge in [0.05, 0.1) is 39.5 Å². The lowest BCUT2D eigenvalue weighted by Crippen LogP contribution is -2.27. The van der Waals surface area contributed by atoms with E-state index < -0.39 is 23.0 Å². The first-order valence-electron chi connectivity index (χ1n) is 12.7. The number of aromatic nitrogens is 5. The van der Waals surface area contributed by atoms with Crippen molar-refractivity contribution in [2.75, 3.05) is 13.2 Å². The minimum Gasteiger partial charge on any atom is -0.381 e. The van der Waals surface area contributed by atoms with Crippen molar-refractivity contribution in [3.8, 4) is 11.3 Å². The van der Waals surface area contributed by atoms with Gasteiger partial charge in [0.25, 0.3) is 0 Å². The van der Waals surface area contributed by atoms with Crippen molar-refractivity contribution in [2.24, 2.45) is 13.0 Å². The lowest BCUT2D eigenvalue weighted by atomic mass is 9.86. The maximum absolute atomic E-state index is 16.3. The number of benzene rings is 2. The smallest absolute Gasteiger partial charge is 0.165 e. The Morgan fingerprint density at radius 1 is 1.13 bits per heavy atom. The van der Waals surface area contributed by atoms with E-state index in [1.54, 1.807) is 17.9 Å². The number of pyridine rings is 1. The fraction of sp³-hybridized carbons (Fsp3) is 0.310. The first kappa shape index (κ1) is 24.4. The Bertz CT molecular complexity index is 1670. The predicted molar refractivity (Wildman–Crippen MR) is 140 cm³/mol. The summed E-state index contributed by atoms with van der Waals surface area (Å²) < 4.78 is 40.6. The Balaban J connectivity index is 1.75. The van der Waals surface area contributed by atoms with Gasteiger partial charge in [0, 0.05) is 37.4 Å². The monoisotopic (exact) mass is 515 g/mol. The molecule has 9 heteroatoms. The lowest BCUT2D eigenvalue weighted by Gasteiger charge is -2.33. The van der Waals surface area contributed by atoms with Crippen LogP contribution in [0.4, 0.5) is 8.78 Å². The number of Topliss-reactive ketones (excluding diaryl/α,β-unsaturated/α-hetero) is 1. The Labute approximate surface area is 218 Å². The van der Waals surface area contributed by atoms with Crippen LogP contribution in [0.15, 0.2) is 48.7 Å². The third-order valence-electron chi connectivity index (χ3n) is 7.57. The number of nitrogens with zero attached hydrogens (tertiary/aromatic N) is 5. The van der Waals surface area contributed by atoms with Crippen molar-refractivity contribution in [1.82, 2.24) is 24.5 Å². The van der Waals surface area contributed by atoms with E-state index >= 15 is 8.78 Å². The highest BCUT2D eigenvalue weighted by molar-refractivity contribution is 6.09. The first-order chi connectivity index (χ1) is 18.4. The van der Waals surface area contributed by atoms with Crippen LogP contribution in [0.25, 0.3) is 33.2 Å². The van der Waals surface area contributed by atoms with E-state index in [-0.39, 0.29) is 17.5 Å². The van der Waals surface area contributed by atoms with Crippen molar-refractivity contribution in [3.63, 3.8) is 0 Å². The van der Waals surface area contributed by atoms with Gasteiger partial charge < -0.3 is 9.30 Å². The molecule has 0 bridgehead atoms. The third kappa shape index (κ3) is 3.80. The molecule has 194 valence electrons. The molecule has 5 aromatic rings. The van der Waals surface area contributed by atoms with Crippen LogP contribution in [0.3, 0.4) is 0 Å². The number of carbonyl (C=O) groups is 1. The molecule has 2 aromatic carbocycles. The second kappa shape index (κ2) is 9.40. The predicted octanol–water partition coefficient (Wildman–Crippen LogP) is 5.79. The molecule has 0 saturated carbocycles. The van der Waals surface area contributed by atoms with E-state index in [1.807, 2.05) is 47.9 Å². The van der Waals surface area contributed by atoms with Gasteiger partial charge in [-0.25, -0.2) is 13.5 Å². The number of rotatable bonds is 5. The zero-order valence-corrected chi connectivity index (χ0v) is 21.4. The molecular formula is C29H27F2N5O2. The quantitative estimate of drug-likeness (QED) is 0.277. The topological polar surface area (TPSA) is 74.8 Å². The molecule has 3 aromatic heterocycles. The summed E-state index contributed by atoms with van der Waals surface area (Å²) in [6.45, 7) is 4.25. The van der Waals surface area contributed by atoms with Crippen molar-refractivity contribution >= 4 is 27.7 Å². The summed E-state index contributed by atoms with van der Waals surface area (Å²) in [6, 6.07) is 12.8. The number of ether oxygens (including phenoxy) is 1. The van der Waals surface area contributed by atoms with Crippen molar-refractivity contribution in [1.29, 1.82) is 0 Å². The molecule has 1 saturated heterocycles. The standard InChI is InChI=1S/C29H27F2N5O2/c1-16-27(35(3)34-33-16)20-13-23-26(32-15-20)21-14-22(30)24(17(2)37)25(31)29(21)36(23)28(18-7-5-4-6-8-18)19-9-11-38-12-10-19/h4-8,13-15,19,28H,9-12H2,1-3H3. The average molecular weight is 516 g/mol. The third-order valence-corrected chi connectivity index (χ3v) is 7.57. The van der Waals surface area contributed by atoms with Crippen LogP contribution in [-0.4, -0.2) is 43.5 Å². The minimum absolute atomic E-state index is 0.124. The molecule has 1 unspecified atom stereocenters. The van der Waals surface area contributed by atoms with Crippen LogP contribution >= 0.6 is 0 Å². The molecule has 7 nitrogen and oxygen atoms in total. The van der Waals surface area contributed by atoms with Crippen LogP contribution in [0.2, 0.25) is 0 Å². The number of fused-ring (bicyclic) bond motifs is 3. The molecule has 0 spiro atoms. The highest BCUT2D eigenvalue weighted by atomic mass is 19.1. The molecule has 4 heterocycles. The Morgan fingerprint density at radius 3 is 2.53 bits per heavy atom. The van der Waals surface area contributed by atoms with E-state index in [4.69, 9.17) is 9.72 Å². The number of ketones is 1. The molecule has 6 rings (SSSR count). The molecule has 1 aliphatic heterocycles. The molecule has 0 N–H and O–H groups in total. The zero-order chi connectivity index (χ0) is 26.6. The van der Waals surface area contributed by atoms with Crippen molar-refractivity contribution in [2.45, 2.75) is 32.7 Å². The number of aryl methyl sites for hydroxylation is 2. The molecule has 38 heavy (non-hydrogen) atoms. The summed E-state index contributed by atoms with van der Waals surface area (Å²) in [4.78, 5) is 17.1. The first-order valence-corrected chi connectivity index (χ1v) is 12.7. The van der Waals surface area contributed by atoms with Gasteiger partial charge in [-0.1, -0.05) is 35.5 Å². The number of hydrogen-bond donors (Lipinski definition) is 0. The minimum atomic E-state index is -0.888. The fourth-order valence-corrected chi connectivity index (χ4v) is 5.90. The van der Waals surface area contributed by atoms with Crippen LogP contribution in [0.1, 0.15) is 47.4 Å². The average Bonchev–Trinajstić information content (AvgIpc) is 3.41. The zero-order valence-electron chi connectivity index (χ0n) is 21.4. The van der Waals surface area contributed by atoms with Crippen molar-refractivity contribution in [3.05, 3.63) is 77.1 Å². The molecular weight excluding hydrogens is 488 g/mol. The van der Waals surface area contributed by atoms with E-state index in [0.29, 0.717) is 29.6 Å². The molecule has 0 aliphatic carbocycles. The highest BCUT2D eigenvalue weighted by Crippen LogP contribution is 2.42. The Hall–Kier alpha value is -3.98. The normalized spacial score (nSPS) is 15.4. The fourth-order valence-electron chi connectivity index (χ4n) is 5.90. The summed E-state index contributed by atoms with van der Waals surface area (Å²) in [5, 5.41) is 8.62. The largest absolute Gasteiger partial charge is 0.381 e. The maximum atomic E-state index is 16.3. The summed E-state index contributed by atoms with van der Waals surface area (Å²) in [5.74, 6) is -2.29.